The lowest BCUT2D eigenvalue weighted by molar-refractivity contribution is -0.146. The minimum atomic E-state index is -0.238. The first-order valence-electron chi connectivity index (χ1n) is 5.66. The average Bonchev–Trinajstić information content (AvgIpc) is 2.18. The molecule has 2 amide bonds. The Morgan fingerprint density at radius 3 is 2.13 bits per heavy atom. The van der Waals surface area contributed by atoms with E-state index < -0.39 is 0 Å². The summed E-state index contributed by atoms with van der Waals surface area (Å²) >= 11 is 0. The molecule has 0 aliphatic heterocycles. The van der Waals surface area contributed by atoms with Crippen LogP contribution in [0.4, 0.5) is 0 Å². The largest absolute Gasteiger partial charge is 0.273 e. The van der Waals surface area contributed by atoms with E-state index in [0.717, 1.165) is 11.6 Å². The van der Waals surface area contributed by atoms with E-state index in [0.29, 0.717) is 5.92 Å². The summed E-state index contributed by atoms with van der Waals surface area (Å²) in [5, 5.41) is 1.11. The van der Waals surface area contributed by atoms with Crippen molar-refractivity contribution in [1.29, 1.82) is 0 Å². The standard InChI is InChI=1S/C11H20N2O2/c1-9(14)13(10(2)15)12-8-11-6-4-3-5-7-11/h11-12H,3-8H2,1-2H3. The fraction of sp³-hybridized carbons (Fsp3) is 0.818. The number of carbonyl (C=O) groups excluding carboxylic acids is 2. The Morgan fingerprint density at radius 1 is 1.13 bits per heavy atom. The van der Waals surface area contributed by atoms with Crippen molar-refractivity contribution >= 4 is 11.8 Å². The summed E-state index contributed by atoms with van der Waals surface area (Å²) in [7, 11) is 0. The van der Waals surface area contributed by atoms with Gasteiger partial charge in [0.1, 0.15) is 0 Å². The maximum absolute atomic E-state index is 11.1. The highest BCUT2D eigenvalue weighted by Crippen LogP contribution is 2.22. The van der Waals surface area contributed by atoms with E-state index in [4.69, 9.17) is 0 Å². The van der Waals surface area contributed by atoms with Crippen molar-refractivity contribution in [2.75, 3.05) is 6.54 Å². The van der Waals surface area contributed by atoms with Crippen molar-refractivity contribution in [3.63, 3.8) is 0 Å². The Labute approximate surface area is 91.0 Å². The highest BCUT2D eigenvalue weighted by Gasteiger charge is 2.17. The molecule has 1 aliphatic rings. The van der Waals surface area contributed by atoms with E-state index >= 15 is 0 Å². The smallest absolute Gasteiger partial charge is 0.240 e. The average molecular weight is 212 g/mol. The molecule has 1 N–H and O–H groups in total. The quantitative estimate of drug-likeness (QED) is 0.721. The second-order valence-corrected chi connectivity index (χ2v) is 4.24. The van der Waals surface area contributed by atoms with Crippen molar-refractivity contribution in [3.8, 4) is 0 Å². The maximum atomic E-state index is 11.1. The lowest BCUT2D eigenvalue weighted by atomic mass is 9.89. The number of amides is 2. The Morgan fingerprint density at radius 2 is 1.67 bits per heavy atom. The van der Waals surface area contributed by atoms with Crippen molar-refractivity contribution in [2.45, 2.75) is 46.0 Å². The minimum absolute atomic E-state index is 0.238. The van der Waals surface area contributed by atoms with Crippen LogP contribution in [-0.2, 0) is 9.59 Å². The van der Waals surface area contributed by atoms with Crippen LogP contribution in [0.2, 0.25) is 0 Å². The molecule has 0 aromatic carbocycles. The van der Waals surface area contributed by atoms with Crippen LogP contribution < -0.4 is 5.43 Å². The minimum Gasteiger partial charge on any atom is -0.273 e. The Bertz CT molecular complexity index is 221. The molecule has 0 atom stereocenters. The van der Waals surface area contributed by atoms with Crippen LogP contribution in [0, 0.1) is 5.92 Å². The molecule has 0 bridgehead atoms. The van der Waals surface area contributed by atoms with Gasteiger partial charge in [-0.1, -0.05) is 19.3 Å². The van der Waals surface area contributed by atoms with Crippen molar-refractivity contribution in [3.05, 3.63) is 0 Å². The Balaban J connectivity index is 2.32. The van der Waals surface area contributed by atoms with Gasteiger partial charge in [0.15, 0.2) is 0 Å². The summed E-state index contributed by atoms with van der Waals surface area (Å²) < 4.78 is 0. The lowest BCUT2D eigenvalue weighted by Gasteiger charge is -2.25. The Hall–Kier alpha value is -0.900. The molecular weight excluding hydrogens is 192 g/mol. The third kappa shape index (κ3) is 4.00. The van der Waals surface area contributed by atoms with E-state index in [1.54, 1.807) is 0 Å². The zero-order chi connectivity index (χ0) is 11.3. The van der Waals surface area contributed by atoms with Crippen LogP contribution >= 0.6 is 0 Å². The molecule has 86 valence electrons. The summed E-state index contributed by atoms with van der Waals surface area (Å²) in [6.07, 6.45) is 6.27. The van der Waals surface area contributed by atoms with Crippen LogP contribution in [0.15, 0.2) is 0 Å². The fourth-order valence-electron chi connectivity index (χ4n) is 2.06. The molecule has 0 aromatic heterocycles. The zero-order valence-electron chi connectivity index (χ0n) is 9.58. The van der Waals surface area contributed by atoms with Gasteiger partial charge in [0.05, 0.1) is 0 Å². The summed E-state index contributed by atoms with van der Waals surface area (Å²) in [6.45, 7) is 3.53. The predicted molar refractivity (Wildman–Crippen MR) is 57.8 cm³/mol. The number of hydrogen-bond acceptors (Lipinski definition) is 3. The third-order valence-electron chi connectivity index (χ3n) is 2.89. The van der Waals surface area contributed by atoms with E-state index in [2.05, 4.69) is 5.43 Å². The molecule has 15 heavy (non-hydrogen) atoms. The van der Waals surface area contributed by atoms with Gasteiger partial charge in [0, 0.05) is 20.4 Å². The maximum Gasteiger partial charge on any atom is 0.240 e. The third-order valence-corrected chi connectivity index (χ3v) is 2.89. The van der Waals surface area contributed by atoms with Gasteiger partial charge in [-0.15, -0.1) is 0 Å². The van der Waals surface area contributed by atoms with Gasteiger partial charge >= 0.3 is 0 Å². The van der Waals surface area contributed by atoms with Gasteiger partial charge in [0.2, 0.25) is 11.8 Å². The van der Waals surface area contributed by atoms with Gasteiger partial charge in [-0.25, -0.2) is 10.4 Å². The molecular formula is C11H20N2O2. The Kier molecular flexibility index (Phi) is 4.75. The highest BCUT2D eigenvalue weighted by atomic mass is 16.2. The van der Waals surface area contributed by atoms with E-state index in [1.807, 2.05) is 0 Å². The van der Waals surface area contributed by atoms with Crippen LogP contribution in [0.1, 0.15) is 46.0 Å². The number of hydrazine groups is 1. The van der Waals surface area contributed by atoms with Crippen LogP contribution in [0.3, 0.4) is 0 Å². The first-order valence-corrected chi connectivity index (χ1v) is 5.66. The molecule has 0 spiro atoms. The number of nitrogens with zero attached hydrogens (tertiary/aromatic N) is 1. The van der Waals surface area contributed by atoms with Crippen molar-refractivity contribution in [1.82, 2.24) is 10.4 Å². The summed E-state index contributed by atoms with van der Waals surface area (Å²) in [6, 6.07) is 0. The lowest BCUT2D eigenvalue weighted by Crippen LogP contribution is -2.46. The molecule has 4 heteroatoms. The topological polar surface area (TPSA) is 49.4 Å². The first-order chi connectivity index (χ1) is 7.11. The summed E-state index contributed by atoms with van der Waals surface area (Å²) in [4.78, 5) is 22.2. The predicted octanol–water partition coefficient (Wildman–Crippen LogP) is 1.47. The normalized spacial score (nSPS) is 17.5. The second-order valence-electron chi connectivity index (χ2n) is 4.24. The van der Waals surface area contributed by atoms with Gasteiger partial charge in [0.25, 0.3) is 0 Å². The summed E-state index contributed by atoms with van der Waals surface area (Å²) in [5.74, 6) is 0.136. The van der Waals surface area contributed by atoms with Crippen LogP contribution in [0.5, 0.6) is 0 Å². The molecule has 0 radical (unpaired) electrons. The first kappa shape index (κ1) is 12.2. The SMILES string of the molecule is CC(=O)N(NCC1CCCCC1)C(C)=O. The number of carbonyl (C=O) groups is 2. The highest BCUT2D eigenvalue weighted by molar-refractivity contribution is 5.92. The van der Waals surface area contributed by atoms with Gasteiger partial charge in [-0.2, -0.15) is 0 Å². The summed E-state index contributed by atoms with van der Waals surface area (Å²) in [5.41, 5.74) is 2.92. The molecule has 1 fully saturated rings. The van der Waals surface area contributed by atoms with E-state index in [1.165, 1.54) is 46.0 Å². The molecule has 0 heterocycles. The molecule has 1 saturated carbocycles. The van der Waals surface area contributed by atoms with Crippen molar-refractivity contribution in [2.24, 2.45) is 5.92 Å². The molecule has 4 nitrogen and oxygen atoms in total. The number of imide groups is 1. The van der Waals surface area contributed by atoms with Gasteiger partial charge < -0.3 is 0 Å². The van der Waals surface area contributed by atoms with Crippen molar-refractivity contribution < 1.29 is 9.59 Å². The molecule has 1 aliphatic carbocycles. The van der Waals surface area contributed by atoms with E-state index in [-0.39, 0.29) is 11.8 Å². The monoisotopic (exact) mass is 212 g/mol. The second kappa shape index (κ2) is 5.85. The zero-order valence-corrected chi connectivity index (χ0v) is 9.58. The number of nitrogens with one attached hydrogen (secondary N) is 1. The van der Waals surface area contributed by atoms with Crippen LogP contribution in [-0.4, -0.2) is 23.4 Å². The molecule has 1 rings (SSSR count). The van der Waals surface area contributed by atoms with Gasteiger partial charge in [-0.3, -0.25) is 9.59 Å². The number of hydrogen-bond donors (Lipinski definition) is 1. The molecule has 0 saturated heterocycles. The molecule has 0 unspecified atom stereocenters. The van der Waals surface area contributed by atoms with Crippen LogP contribution in [0.25, 0.3) is 0 Å². The van der Waals surface area contributed by atoms with Gasteiger partial charge in [-0.05, 0) is 18.8 Å². The van der Waals surface area contributed by atoms with E-state index in [9.17, 15) is 9.59 Å². The fourth-order valence-corrected chi connectivity index (χ4v) is 2.06. The molecule has 0 aromatic rings. The number of rotatable bonds is 3.